The molecule has 0 aliphatic carbocycles. The molecule has 0 saturated heterocycles. The van der Waals surface area contributed by atoms with Crippen LogP contribution in [-0.4, -0.2) is 24.1 Å². The first-order valence-electron chi connectivity index (χ1n) is 7.72. The van der Waals surface area contributed by atoms with Crippen molar-refractivity contribution in [2.75, 3.05) is 18.0 Å². The summed E-state index contributed by atoms with van der Waals surface area (Å²) in [4.78, 5) is 7.20. The van der Waals surface area contributed by atoms with Crippen molar-refractivity contribution in [3.63, 3.8) is 0 Å². The number of anilines is 1. The van der Waals surface area contributed by atoms with Gasteiger partial charge in [-0.3, -0.25) is 0 Å². The zero-order valence-corrected chi connectivity index (χ0v) is 13.2. The first-order valence-corrected chi connectivity index (χ1v) is 7.72. The van der Waals surface area contributed by atoms with Crippen LogP contribution in [0.3, 0.4) is 0 Å². The quantitative estimate of drug-likeness (QED) is 0.834. The van der Waals surface area contributed by atoms with Gasteiger partial charge in [-0.1, -0.05) is 32.4 Å². The molecule has 2 rings (SSSR count). The van der Waals surface area contributed by atoms with Gasteiger partial charge in [-0.25, -0.2) is 4.98 Å². The van der Waals surface area contributed by atoms with Crippen molar-refractivity contribution in [2.45, 2.75) is 53.1 Å². The minimum Gasteiger partial charge on any atom is -0.352 e. The van der Waals surface area contributed by atoms with Crippen LogP contribution in [0.2, 0.25) is 0 Å². The molecule has 1 aliphatic heterocycles. The highest BCUT2D eigenvalue weighted by Crippen LogP contribution is 2.20. The van der Waals surface area contributed by atoms with Gasteiger partial charge in [0.15, 0.2) is 0 Å². The van der Waals surface area contributed by atoms with E-state index in [0.717, 1.165) is 38.3 Å². The Morgan fingerprint density at radius 2 is 2.15 bits per heavy atom. The minimum absolute atomic E-state index is 0.511. The second-order valence-electron chi connectivity index (χ2n) is 5.97. The molecule has 0 atom stereocenters. The molecule has 0 fully saturated rings. The topological polar surface area (TPSA) is 28.2 Å². The maximum Gasteiger partial charge on any atom is 0.129 e. The Labute approximate surface area is 123 Å². The average molecular weight is 273 g/mol. The lowest BCUT2D eigenvalue weighted by molar-refractivity contribution is 0.588. The molecule has 0 aromatic carbocycles. The molecule has 3 heteroatoms. The zero-order chi connectivity index (χ0) is 14.5. The largest absolute Gasteiger partial charge is 0.352 e. The second kappa shape index (κ2) is 6.89. The van der Waals surface area contributed by atoms with E-state index in [1.165, 1.54) is 16.8 Å². The Morgan fingerprint density at radius 1 is 1.35 bits per heavy atom. The lowest BCUT2D eigenvalue weighted by Crippen LogP contribution is -2.30. The van der Waals surface area contributed by atoms with E-state index in [2.05, 4.69) is 56.1 Å². The van der Waals surface area contributed by atoms with Gasteiger partial charge in [-0.15, -0.1) is 0 Å². The van der Waals surface area contributed by atoms with Gasteiger partial charge < -0.3 is 10.2 Å². The molecule has 0 spiro atoms. The first-order chi connectivity index (χ1) is 9.58. The van der Waals surface area contributed by atoms with Crippen LogP contribution in [-0.2, 0) is 13.0 Å². The van der Waals surface area contributed by atoms with E-state index in [4.69, 9.17) is 4.98 Å². The summed E-state index contributed by atoms with van der Waals surface area (Å²) in [6.07, 6.45) is 4.45. The molecule has 0 radical (unpaired) electrons. The van der Waals surface area contributed by atoms with E-state index in [1.54, 1.807) is 0 Å². The lowest BCUT2D eigenvalue weighted by atomic mass is 10.1. The fourth-order valence-corrected chi connectivity index (χ4v) is 2.51. The third kappa shape index (κ3) is 4.07. The number of rotatable bonds is 5. The van der Waals surface area contributed by atoms with Crippen molar-refractivity contribution in [1.29, 1.82) is 0 Å². The number of pyridine rings is 1. The molecule has 0 amide bonds. The number of aryl methyl sites for hydroxylation is 1. The van der Waals surface area contributed by atoms with Crippen LogP contribution < -0.4 is 10.2 Å². The minimum atomic E-state index is 0.511. The highest BCUT2D eigenvalue weighted by Gasteiger charge is 2.13. The molecule has 2 heterocycles. The van der Waals surface area contributed by atoms with Crippen molar-refractivity contribution >= 4 is 5.82 Å². The fourth-order valence-electron chi connectivity index (χ4n) is 2.51. The summed E-state index contributed by atoms with van der Waals surface area (Å²) < 4.78 is 0. The van der Waals surface area contributed by atoms with Crippen LogP contribution in [0.25, 0.3) is 0 Å². The predicted molar refractivity (Wildman–Crippen MR) is 86.2 cm³/mol. The number of nitrogens with zero attached hydrogens (tertiary/aromatic N) is 2. The third-order valence-electron chi connectivity index (χ3n) is 3.66. The van der Waals surface area contributed by atoms with Crippen LogP contribution in [0, 0.1) is 0 Å². The summed E-state index contributed by atoms with van der Waals surface area (Å²) in [6.45, 7) is 11.8. The maximum atomic E-state index is 4.81. The Morgan fingerprint density at radius 3 is 2.80 bits per heavy atom. The highest BCUT2D eigenvalue weighted by atomic mass is 15.2. The molecule has 110 valence electrons. The molecule has 3 nitrogen and oxygen atoms in total. The van der Waals surface area contributed by atoms with E-state index in [-0.39, 0.29) is 0 Å². The van der Waals surface area contributed by atoms with Gasteiger partial charge in [-0.2, -0.15) is 0 Å². The number of nitrogens with one attached hydrogen (secondary N) is 1. The zero-order valence-electron chi connectivity index (χ0n) is 13.2. The van der Waals surface area contributed by atoms with E-state index >= 15 is 0 Å². The summed E-state index contributed by atoms with van der Waals surface area (Å²) in [5.41, 5.74) is 3.98. The van der Waals surface area contributed by atoms with Gasteiger partial charge >= 0.3 is 0 Å². The van der Waals surface area contributed by atoms with Crippen LogP contribution in [0.1, 0.15) is 45.4 Å². The molecule has 20 heavy (non-hydrogen) atoms. The number of hydrogen-bond donors (Lipinski definition) is 1. The fraction of sp³-hybridized carbons (Fsp3) is 0.588. The normalized spacial score (nSPS) is 15.7. The van der Waals surface area contributed by atoms with Crippen LogP contribution in [0.15, 0.2) is 23.8 Å². The highest BCUT2D eigenvalue weighted by molar-refractivity contribution is 5.45. The first kappa shape index (κ1) is 15.0. The van der Waals surface area contributed by atoms with Crippen molar-refractivity contribution in [3.8, 4) is 0 Å². The van der Waals surface area contributed by atoms with E-state index < -0.39 is 0 Å². The van der Waals surface area contributed by atoms with Crippen molar-refractivity contribution in [1.82, 2.24) is 10.3 Å². The van der Waals surface area contributed by atoms with E-state index in [9.17, 15) is 0 Å². The van der Waals surface area contributed by atoms with Crippen LogP contribution in [0.4, 0.5) is 5.82 Å². The van der Waals surface area contributed by atoms with Gasteiger partial charge in [0.1, 0.15) is 5.82 Å². The van der Waals surface area contributed by atoms with Gasteiger partial charge in [0, 0.05) is 31.4 Å². The predicted octanol–water partition coefficient (Wildman–Crippen LogP) is 3.30. The van der Waals surface area contributed by atoms with Crippen LogP contribution >= 0.6 is 0 Å². The molecule has 0 bridgehead atoms. The SMILES string of the molecule is CCc1cc(CNC(C)C)cc(N2CCC=C(C)C2)n1. The molecular weight excluding hydrogens is 246 g/mol. The molecule has 0 saturated carbocycles. The molecule has 1 aromatic heterocycles. The van der Waals surface area contributed by atoms with Crippen molar-refractivity contribution < 1.29 is 0 Å². The Bertz CT molecular complexity index is 477. The molecular formula is C17H27N3. The summed E-state index contributed by atoms with van der Waals surface area (Å²) in [5, 5.41) is 3.49. The van der Waals surface area contributed by atoms with Crippen LogP contribution in [0.5, 0.6) is 0 Å². The maximum absolute atomic E-state index is 4.81. The third-order valence-corrected chi connectivity index (χ3v) is 3.66. The Balaban J connectivity index is 2.19. The standard InChI is InChI=1S/C17H27N3/c1-5-16-9-15(11-18-13(2)3)10-17(19-16)20-8-6-7-14(4)12-20/h7,9-10,13,18H,5-6,8,11-12H2,1-4H3. The van der Waals surface area contributed by atoms with Crippen molar-refractivity contribution in [2.24, 2.45) is 0 Å². The number of aromatic nitrogens is 1. The van der Waals surface area contributed by atoms with Gasteiger partial charge in [0.25, 0.3) is 0 Å². The smallest absolute Gasteiger partial charge is 0.129 e. The Hall–Kier alpha value is -1.35. The Kier molecular flexibility index (Phi) is 5.18. The van der Waals surface area contributed by atoms with E-state index in [1.807, 2.05) is 0 Å². The molecule has 1 N–H and O–H groups in total. The van der Waals surface area contributed by atoms with Crippen molar-refractivity contribution in [3.05, 3.63) is 35.0 Å². The molecule has 0 unspecified atom stereocenters. The van der Waals surface area contributed by atoms with Gasteiger partial charge in [0.2, 0.25) is 0 Å². The molecule has 1 aliphatic rings. The van der Waals surface area contributed by atoms with Gasteiger partial charge in [0.05, 0.1) is 0 Å². The van der Waals surface area contributed by atoms with E-state index in [0.29, 0.717) is 6.04 Å². The summed E-state index contributed by atoms with van der Waals surface area (Å²) in [6, 6.07) is 4.98. The summed E-state index contributed by atoms with van der Waals surface area (Å²) >= 11 is 0. The molecule has 1 aromatic rings. The second-order valence-corrected chi connectivity index (χ2v) is 5.97. The average Bonchev–Trinajstić information content (AvgIpc) is 2.44. The summed E-state index contributed by atoms with van der Waals surface area (Å²) in [5.74, 6) is 1.14. The summed E-state index contributed by atoms with van der Waals surface area (Å²) in [7, 11) is 0. The monoisotopic (exact) mass is 273 g/mol. The van der Waals surface area contributed by atoms with Gasteiger partial charge in [-0.05, 0) is 37.5 Å². The lowest BCUT2D eigenvalue weighted by Gasteiger charge is -2.28. The number of hydrogen-bond acceptors (Lipinski definition) is 3.